The van der Waals surface area contributed by atoms with Gasteiger partial charge in [0, 0.05) is 44.0 Å². The summed E-state index contributed by atoms with van der Waals surface area (Å²) in [5.74, 6) is 0.663. The number of hydrazine groups is 1. The van der Waals surface area contributed by atoms with E-state index in [-0.39, 0.29) is 24.0 Å². The van der Waals surface area contributed by atoms with Crippen LogP contribution in [0, 0.1) is 5.92 Å². The van der Waals surface area contributed by atoms with Crippen LogP contribution in [0.5, 0.6) is 0 Å². The molecule has 0 radical (unpaired) electrons. The second kappa shape index (κ2) is 10.8. The van der Waals surface area contributed by atoms with Crippen LogP contribution in [0.2, 0.25) is 0 Å². The van der Waals surface area contributed by atoms with Gasteiger partial charge in [0.1, 0.15) is 6.04 Å². The SMILES string of the molecule is CN1CCN(c2ccc(C3NNC4CCC(NC(=O)C(c5ccsc5)N5CCCC5)CC43)cc2)CC1. The molecule has 1 aromatic heterocycles. The van der Waals surface area contributed by atoms with Crippen LogP contribution in [0.25, 0.3) is 0 Å². The highest BCUT2D eigenvalue weighted by Gasteiger charge is 2.42. The Hall–Kier alpha value is -1.97. The second-order valence-corrected chi connectivity index (χ2v) is 11.9. The summed E-state index contributed by atoms with van der Waals surface area (Å²) in [5, 5.41) is 7.72. The lowest BCUT2D eigenvalue weighted by atomic mass is 9.77. The molecule has 36 heavy (non-hydrogen) atoms. The van der Waals surface area contributed by atoms with E-state index in [0.717, 1.165) is 64.1 Å². The van der Waals surface area contributed by atoms with Crippen molar-refractivity contribution in [2.45, 2.75) is 56.3 Å². The molecule has 4 heterocycles. The maximum atomic E-state index is 13.6. The van der Waals surface area contributed by atoms with Gasteiger partial charge in [-0.25, -0.2) is 5.43 Å². The predicted molar refractivity (Wildman–Crippen MR) is 146 cm³/mol. The number of likely N-dealkylation sites (tertiary alicyclic amines) is 1. The molecule has 1 saturated carbocycles. The Morgan fingerprint density at radius 1 is 1.00 bits per heavy atom. The van der Waals surface area contributed by atoms with E-state index in [2.05, 4.69) is 79.0 Å². The number of hydrogen-bond acceptors (Lipinski definition) is 7. The van der Waals surface area contributed by atoms with Gasteiger partial charge in [0.15, 0.2) is 0 Å². The molecule has 7 nitrogen and oxygen atoms in total. The zero-order chi connectivity index (χ0) is 24.5. The number of nitrogens with zero attached hydrogens (tertiary/aromatic N) is 3. The summed E-state index contributed by atoms with van der Waals surface area (Å²) in [6.45, 7) is 6.46. The van der Waals surface area contributed by atoms with Crippen molar-refractivity contribution >= 4 is 22.9 Å². The second-order valence-electron chi connectivity index (χ2n) is 11.1. The summed E-state index contributed by atoms with van der Waals surface area (Å²) >= 11 is 1.68. The third-order valence-corrected chi connectivity index (χ3v) is 9.53. The average molecular weight is 509 g/mol. The first-order valence-corrected chi connectivity index (χ1v) is 14.7. The highest BCUT2D eigenvalue weighted by atomic mass is 32.1. The first-order valence-electron chi connectivity index (χ1n) is 13.8. The molecule has 1 aromatic carbocycles. The van der Waals surface area contributed by atoms with E-state index < -0.39 is 0 Å². The minimum Gasteiger partial charge on any atom is -0.369 e. The molecule has 3 N–H and O–H groups in total. The summed E-state index contributed by atoms with van der Waals surface area (Å²) in [6.07, 6.45) is 5.51. The summed E-state index contributed by atoms with van der Waals surface area (Å²) in [6, 6.07) is 12.1. The van der Waals surface area contributed by atoms with Gasteiger partial charge in [-0.15, -0.1) is 0 Å². The minimum atomic E-state index is -0.144. The Morgan fingerprint density at radius 3 is 2.50 bits per heavy atom. The van der Waals surface area contributed by atoms with E-state index in [4.69, 9.17) is 0 Å². The normalized spacial score (nSPS) is 30.3. The van der Waals surface area contributed by atoms with Gasteiger partial charge in [-0.1, -0.05) is 12.1 Å². The molecule has 3 saturated heterocycles. The van der Waals surface area contributed by atoms with E-state index in [1.165, 1.54) is 24.1 Å². The number of fused-ring (bicyclic) bond motifs is 1. The fourth-order valence-electron chi connectivity index (χ4n) is 6.71. The number of likely N-dealkylation sites (N-methyl/N-ethyl adjacent to an activating group) is 1. The molecule has 5 unspecified atom stereocenters. The van der Waals surface area contributed by atoms with Crippen molar-refractivity contribution in [3.8, 4) is 0 Å². The van der Waals surface area contributed by atoms with Crippen molar-refractivity contribution < 1.29 is 4.79 Å². The number of piperazine rings is 1. The number of hydrogen-bond donors (Lipinski definition) is 3. The number of nitrogens with one attached hydrogen (secondary N) is 3. The van der Waals surface area contributed by atoms with Gasteiger partial charge in [-0.2, -0.15) is 11.3 Å². The molecular weight excluding hydrogens is 468 g/mol. The molecular formula is C28H40N6OS. The summed E-state index contributed by atoms with van der Waals surface area (Å²) in [4.78, 5) is 20.8. The summed E-state index contributed by atoms with van der Waals surface area (Å²) in [7, 11) is 2.20. The average Bonchev–Trinajstić information content (AvgIpc) is 3.68. The number of carbonyl (C=O) groups is 1. The molecule has 1 aliphatic carbocycles. The van der Waals surface area contributed by atoms with E-state index in [1.807, 2.05) is 0 Å². The molecule has 3 aliphatic heterocycles. The summed E-state index contributed by atoms with van der Waals surface area (Å²) < 4.78 is 0. The number of rotatable bonds is 6. The predicted octanol–water partition coefficient (Wildman–Crippen LogP) is 3.14. The Bertz CT molecular complexity index is 1000. The van der Waals surface area contributed by atoms with Crippen molar-refractivity contribution in [3.63, 3.8) is 0 Å². The van der Waals surface area contributed by atoms with Gasteiger partial charge in [-0.3, -0.25) is 15.1 Å². The van der Waals surface area contributed by atoms with Gasteiger partial charge in [0.05, 0.1) is 6.04 Å². The van der Waals surface area contributed by atoms with Gasteiger partial charge >= 0.3 is 0 Å². The molecule has 0 bridgehead atoms. The van der Waals surface area contributed by atoms with Crippen LogP contribution >= 0.6 is 11.3 Å². The first-order chi connectivity index (χ1) is 17.7. The van der Waals surface area contributed by atoms with Crippen molar-refractivity contribution in [2.24, 2.45) is 5.92 Å². The lowest BCUT2D eigenvalue weighted by Gasteiger charge is -2.36. The molecule has 8 heteroatoms. The number of thiophene rings is 1. The van der Waals surface area contributed by atoms with Crippen LogP contribution < -0.4 is 21.1 Å². The molecule has 5 atom stereocenters. The molecule has 1 amide bonds. The quantitative estimate of drug-likeness (QED) is 0.557. The third kappa shape index (κ3) is 5.07. The highest BCUT2D eigenvalue weighted by molar-refractivity contribution is 7.08. The lowest BCUT2D eigenvalue weighted by molar-refractivity contribution is -0.127. The van der Waals surface area contributed by atoms with E-state index in [1.54, 1.807) is 11.3 Å². The fraction of sp³-hybridized carbons (Fsp3) is 0.607. The fourth-order valence-corrected chi connectivity index (χ4v) is 7.39. The van der Waals surface area contributed by atoms with Crippen molar-refractivity contribution in [1.82, 2.24) is 26.0 Å². The minimum absolute atomic E-state index is 0.144. The van der Waals surface area contributed by atoms with Gasteiger partial charge < -0.3 is 15.1 Å². The number of amides is 1. The molecule has 6 rings (SSSR count). The van der Waals surface area contributed by atoms with E-state index >= 15 is 0 Å². The van der Waals surface area contributed by atoms with Gasteiger partial charge in [-0.05, 0) is 98.2 Å². The van der Waals surface area contributed by atoms with E-state index in [9.17, 15) is 4.79 Å². The molecule has 0 spiro atoms. The molecule has 194 valence electrons. The Morgan fingerprint density at radius 2 is 1.78 bits per heavy atom. The number of benzene rings is 1. The van der Waals surface area contributed by atoms with E-state index in [0.29, 0.717) is 12.0 Å². The smallest absolute Gasteiger partial charge is 0.242 e. The highest BCUT2D eigenvalue weighted by Crippen LogP contribution is 2.39. The first kappa shape index (κ1) is 24.4. The monoisotopic (exact) mass is 508 g/mol. The Kier molecular flexibility index (Phi) is 7.31. The van der Waals surface area contributed by atoms with Gasteiger partial charge in [0.2, 0.25) is 5.91 Å². The Balaban J connectivity index is 1.11. The standard InChI is InChI=1S/C28H40N6OS/c1-32-13-15-33(16-14-32)23-7-4-20(5-8-23)26-24-18-22(6-9-25(24)30-31-26)29-28(35)27(21-10-17-36-19-21)34-11-2-3-12-34/h4-5,7-8,10,17,19,22,24-27,30-31H,2-3,6,9,11-16,18H2,1H3,(H,29,35). The topological polar surface area (TPSA) is 62.9 Å². The van der Waals surface area contributed by atoms with Crippen LogP contribution in [0.1, 0.15) is 55.3 Å². The van der Waals surface area contributed by atoms with Crippen molar-refractivity contribution in [1.29, 1.82) is 0 Å². The number of anilines is 1. The lowest BCUT2D eigenvalue weighted by Crippen LogP contribution is -2.47. The van der Waals surface area contributed by atoms with Gasteiger partial charge in [0.25, 0.3) is 0 Å². The van der Waals surface area contributed by atoms with Crippen LogP contribution in [-0.4, -0.2) is 74.1 Å². The Labute approximate surface area is 219 Å². The van der Waals surface area contributed by atoms with Crippen molar-refractivity contribution in [3.05, 3.63) is 52.2 Å². The molecule has 2 aromatic rings. The number of carbonyl (C=O) groups excluding carboxylic acids is 1. The zero-order valence-electron chi connectivity index (χ0n) is 21.4. The zero-order valence-corrected chi connectivity index (χ0v) is 22.2. The van der Waals surface area contributed by atoms with Crippen LogP contribution in [0.3, 0.4) is 0 Å². The molecule has 4 aliphatic rings. The van der Waals surface area contributed by atoms with Crippen molar-refractivity contribution in [2.75, 3.05) is 51.2 Å². The van der Waals surface area contributed by atoms with Crippen LogP contribution in [0.15, 0.2) is 41.1 Å². The van der Waals surface area contributed by atoms with Crippen LogP contribution in [0.4, 0.5) is 5.69 Å². The third-order valence-electron chi connectivity index (χ3n) is 8.83. The van der Waals surface area contributed by atoms with Crippen LogP contribution in [-0.2, 0) is 4.79 Å². The summed E-state index contributed by atoms with van der Waals surface area (Å²) in [5.41, 5.74) is 11.0. The molecule has 4 fully saturated rings. The maximum absolute atomic E-state index is 13.6. The maximum Gasteiger partial charge on any atom is 0.242 e. The largest absolute Gasteiger partial charge is 0.369 e.